The van der Waals surface area contributed by atoms with E-state index in [9.17, 15) is 12.8 Å². The first-order chi connectivity index (χ1) is 14.4. The van der Waals surface area contributed by atoms with Gasteiger partial charge in [0.1, 0.15) is 5.82 Å². The molecule has 3 aromatic rings. The van der Waals surface area contributed by atoms with E-state index in [0.717, 1.165) is 12.1 Å². The number of hydrogen-bond acceptors (Lipinski definition) is 6. The molecule has 0 saturated carbocycles. The fourth-order valence-electron chi connectivity index (χ4n) is 3.36. The van der Waals surface area contributed by atoms with Crippen LogP contribution in [0.3, 0.4) is 0 Å². The van der Waals surface area contributed by atoms with Crippen molar-refractivity contribution in [1.82, 2.24) is 19.8 Å². The fourth-order valence-corrected chi connectivity index (χ4v) is 4.88. The van der Waals surface area contributed by atoms with Gasteiger partial charge in [0.25, 0.3) is 0 Å². The quantitative estimate of drug-likeness (QED) is 0.618. The average Bonchev–Trinajstić information content (AvgIpc) is 3.18. The van der Waals surface area contributed by atoms with Crippen LogP contribution in [0.25, 0.3) is 11.5 Å². The van der Waals surface area contributed by atoms with E-state index in [2.05, 4.69) is 19.8 Å². The third kappa shape index (κ3) is 4.86. The van der Waals surface area contributed by atoms with Crippen molar-refractivity contribution >= 4 is 21.6 Å². The van der Waals surface area contributed by atoms with Crippen molar-refractivity contribution in [2.45, 2.75) is 30.3 Å². The molecule has 1 aromatic heterocycles. The minimum absolute atomic E-state index is 0.0595. The van der Waals surface area contributed by atoms with E-state index in [1.165, 1.54) is 12.1 Å². The van der Waals surface area contributed by atoms with Gasteiger partial charge in [-0.3, -0.25) is 4.90 Å². The van der Waals surface area contributed by atoms with E-state index >= 15 is 0 Å². The molecule has 0 atom stereocenters. The van der Waals surface area contributed by atoms with E-state index < -0.39 is 15.8 Å². The zero-order chi connectivity index (χ0) is 21.1. The van der Waals surface area contributed by atoms with Crippen LogP contribution in [0.5, 0.6) is 0 Å². The molecule has 0 amide bonds. The maximum atomic E-state index is 13.0. The van der Waals surface area contributed by atoms with Crippen LogP contribution in [0.15, 0.2) is 57.8 Å². The van der Waals surface area contributed by atoms with Crippen molar-refractivity contribution in [3.63, 3.8) is 0 Å². The minimum atomic E-state index is -3.67. The van der Waals surface area contributed by atoms with Crippen LogP contribution in [0.1, 0.15) is 18.7 Å². The van der Waals surface area contributed by atoms with Gasteiger partial charge in [-0.25, -0.2) is 17.5 Å². The third-order valence-electron chi connectivity index (χ3n) is 4.96. The molecule has 7 nitrogen and oxygen atoms in total. The minimum Gasteiger partial charge on any atom is -0.419 e. The summed E-state index contributed by atoms with van der Waals surface area (Å²) < 4.78 is 46.4. The Balaban J connectivity index is 1.32. The average molecular weight is 451 g/mol. The van der Waals surface area contributed by atoms with Gasteiger partial charge < -0.3 is 4.42 Å². The van der Waals surface area contributed by atoms with E-state index in [1.54, 1.807) is 6.07 Å². The monoisotopic (exact) mass is 450 g/mol. The first kappa shape index (κ1) is 20.9. The first-order valence-corrected chi connectivity index (χ1v) is 11.3. The van der Waals surface area contributed by atoms with E-state index in [0.29, 0.717) is 54.8 Å². The highest BCUT2D eigenvalue weighted by Gasteiger charge is 2.25. The molecule has 1 aliphatic heterocycles. The number of likely N-dealkylation sites (tertiary alicyclic amines) is 1. The van der Waals surface area contributed by atoms with Crippen LogP contribution in [0.4, 0.5) is 4.39 Å². The topological polar surface area (TPSA) is 88.3 Å². The lowest BCUT2D eigenvalue weighted by molar-refractivity contribution is 0.184. The number of nitrogens with one attached hydrogen (secondary N) is 1. The molecule has 2 aromatic carbocycles. The van der Waals surface area contributed by atoms with Gasteiger partial charge in [-0.15, -0.1) is 10.2 Å². The van der Waals surface area contributed by atoms with Gasteiger partial charge in [0.15, 0.2) is 0 Å². The Morgan fingerprint density at radius 3 is 2.50 bits per heavy atom. The summed E-state index contributed by atoms with van der Waals surface area (Å²) in [6.45, 7) is 1.84. The first-order valence-electron chi connectivity index (χ1n) is 9.48. The van der Waals surface area contributed by atoms with Gasteiger partial charge >= 0.3 is 0 Å². The molecule has 1 N–H and O–H groups in total. The highest BCUT2D eigenvalue weighted by atomic mass is 35.5. The molecule has 0 spiro atoms. The van der Waals surface area contributed by atoms with Gasteiger partial charge in [-0.05, 0) is 49.2 Å². The molecule has 1 aliphatic rings. The van der Waals surface area contributed by atoms with E-state index in [1.807, 2.05) is 18.2 Å². The molecule has 0 radical (unpaired) electrons. The highest BCUT2D eigenvalue weighted by Crippen LogP contribution is 2.26. The fraction of sp³-hybridized carbons (Fsp3) is 0.300. The van der Waals surface area contributed by atoms with Gasteiger partial charge in [0.2, 0.25) is 21.8 Å². The Morgan fingerprint density at radius 2 is 1.80 bits per heavy atom. The molecule has 0 bridgehead atoms. The SMILES string of the molecule is O=S(=O)(NC1CCN(Cc2nnc(-c3ccccc3Cl)o2)CC1)c1ccc(F)cc1. The van der Waals surface area contributed by atoms with Crippen molar-refractivity contribution in [2.24, 2.45) is 0 Å². The molecule has 0 unspecified atom stereocenters. The second kappa shape index (κ2) is 8.81. The summed E-state index contributed by atoms with van der Waals surface area (Å²) in [6, 6.07) is 11.9. The number of sulfonamides is 1. The van der Waals surface area contributed by atoms with Crippen molar-refractivity contribution in [2.75, 3.05) is 13.1 Å². The van der Waals surface area contributed by atoms with Crippen molar-refractivity contribution in [3.8, 4) is 11.5 Å². The number of benzene rings is 2. The maximum absolute atomic E-state index is 13.0. The Bertz CT molecular complexity index is 1110. The van der Waals surface area contributed by atoms with Crippen molar-refractivity contribution in [1.29, 1.82) is 0 Å². The van der Waals surface area contributed by atoms with Crippen LogP contribution < -0.4 is 4.72 Å². The lowest BCUT2D eigenvalue weighted by Gasteiger charge is -2.31. The zero-order valence-electron chi connectivity index (χ0n) is 16.0. The molecule has 1 saturated heterocycles. The maximum Gasteiger partial charge on any atom is 0.249 e. The Morgan fingerprint density at radius 1 is 1.10 bits per heavy atom. The van der Waals surface area contributed by atoms with E-state index in [4.69, 9.17) is 16.0 Å². The Hall–Kier alpha value is -2.33. The molecule has 2 heterocycles. The Labute approximate surface area is 178 Å². The zero-order valence-corrected chi connectivity index (χ0v) is 17.5. The van der Waals surface area contributed by atoms with Crippen LogP contribution in [-0.4, -0.2) is 42.6 Å². The number of rotatable bonds is 6. The molecule has 30 heavy (non-hydrogen) atoms. The van der Waals surface area contributed by atoms with Crippen LogP contribution >= 0.6 is 11.6 Å². The summed E-state index contributed by atoms with van der Waals surface area (Å²) in [5, 5.41) is 8.71. The largest absolute Gasteiger partial charge is 0.419 e. The molecule has 4 rings (SSSR count). The number of hydrogen-bond donors (Lipinski definition) is 1. The summed E-state index contributed by atoms with van der Waals surface area (Å²) >= 11 is 6.17. The van der Waals surface area contributed by atoms with Crippen LogP contribution in [0.2, 0.25) is 5.02 Å². The van der Waals surface area contributed by atoms with Crippen LogP contribution in [0, 0.1) is 5.82 Å². The predicted octanol–water partition coefficient (Wildman–Crippen LogP) is 3.47. The van der Waals surface area contributed by atoms with Crippen molar-refractivity contribution in [3.05, 3.63) is 65.3 Å². The van der Waals surface area contributed by atoms with Gasteiger partial charge in [-0.1, -0.05) is 23.7 Å². The summed E-state index contributed by atoms with van der Waals surface area (Å²) in [5.41, 5.74) is 0.687. The molecule has 158 valence electrons. The second-order valence-corrected chi connectivity index (χ2v) is 9.23. The smallest absolute Gasteiger partial charge is 0.249 e. The lowest BCUT2D eigenvalue weighted by atomic mass is 10.1. The van der Waals surface area contributed by atoms with Crippen molar-refractivity contribution < 1.29 is 17.2 Å². The third-order valence-corrected chi connectivity index (χ3v) is 6.83. The van der Waals surface area contributed by atoms with Gasteiger partial charge in [0, 0.05) is 19.1 Å². The predicted molar refractivity (Wildman–Crippen MR) is 110 cm³/mol. The molecule has 10 heteroatoms. The highest BCUT2D eigenvalue weighted by molar-refractivity contribution is 7.89. The standard InChI is InChI=1S/C20H20ClFN4O3S/c21-18-4-2-1-3-17(18)20-24-23-19(29-20)13-26-11-9-15(10-12-26)25-30(27,28)16-7-5-14(22)6-8-16/h1-8,15,25H,9-13H2. The Kier molecular flexibility index (Phi) is 6.14. The second-order valence-electron chi connectivity index (χ2n) is 7.11. The van der Waals surface area contributed by atoms with Gasteiger partial charge in [0.05, 0.1) is 22.0 Å². The normalized spacial score (nSPS) is 16.1. The number of piperidine rings is 1. The summed E-state index contributed by atoms with van der Waals surface area (Å²) in [4.78, 5) is 2.19. The summed E-state index contributed by atoms with van der Waals surface area (Å²) in [7, 11) is -3.67. The van der Waals surface area contributed by atoms with E-state index in [-0.39, 0.29) is 10.9 Å². The number of nitrogens with zero attached hydrogens (tertiary/aromatic N) is 3. The number of aromatic nitrogens is 2. The van der Waals surface area contributed by atoms with Gasteiger partial charge in [-0.2, -0.15) is 0 Å². The molecule has 1 fully saturated rings. The lowest BCUT2D eigenvalue weighted by Crippen LogP contribution is -2.44. The number of halogens is 2. The summed E-state index contributed by atoms with van der Waals surface area (Å²) in [6.07, 6.45) is 1.29. The molecular weight excluding hydrogens is 431 g/mol. The van der Waals surface area contributed by atoms with Crippen LogP contribution in [-0.2, 0) is 16.6 Å². The summed E-state index contributed by atoms with van der Waals surface area (Å²) in [5.74, 6) is 0.383. The molecular formula is C20H20ClFN4O3S. The molecule has 0 aliphatic carbocycles.